The molecule has 296 valence electrons. The largest absolute Gasteiger partial charge is 0.392 e. The van der Waals surface area contributed by atoms with Gasteiger partial charge in [-0.25, -0.2) is 29.6 Å². The number of aromatic nitrogens is 6. The highest BCUT2D eigenvalue weighted by Crippen LogP contribution is 2.35. The number of fused-ring (bicyclic) bond motifs is 2. The van der Waals surface area contributed by atoms with Crippen LogP contribution < -0.4 is 33.2 Å². The number of hydrogen-bond acceptors (Lipinski definition) is 10. The number of nitrogens with one attached hydrogen (secondary N) is 2. The van der Waals surface area contributed by atoms with E-state index in [0.717, 1.165) is 44.7 Å². The zero-order valence-corrected chi connectivity index (χ0v) is 33.3. The highest BCUT2D eigenvalue weighted by Gasteiger charge is 2.22. The van der Waals surface area contributed by atoms with Crippen molar-refractivity contribution in [3.05, 3.63) is 188 Å². The molecule has 0 unspecified atom stereocenters. The molecule has 2 aromatic carbocycles. The number of nitrogens with two attached hydrogens (primary N) is 2. The summed E-state index contributed by atoms with van der Waals surface area (Å²) in [6.07, 6.45) is 2.63. The van der Waals surface area contributed by atoms with E-state index in [4.69, 9.17) is 24.6 Å². The Morgan fingerprint density at radius 1 is 0.567 bits per heavy atom. The molecule has 6 heterocycles. The van der Waals surface area contributed by atoms with Gasteiger partial charge in [0.1, 0.15) is 35.9 Å². The van der Waals surface area contributed by atoms with E-state index in [-0.39, 0.29) is 46.2 Å². The van der Waals surface area contributed by atoms with Crippen LogP contribution in [0.2, 0.25) is 0 Å². The SMILES string of the molecule is [C-]#[N+]c1c(N)ncnc1N[C@@H](C)c1cc2cccc(C)n2c(=O)c1-c1ccccc1.[C-]#[N+]c1c(N)ncnc1N[C@H](C)c1cc2cccc(C)n2c(=O)c1-c1ccccc1. The van der Waals surface area contributed by atoms with Crippen LogP contribution in [0.4, 0.5) is 34.6 Å². The van der Waals surface area contributed by atoms with Crippen molar-refractivity contribution in [3.63, 3.8) is 0 Å². The lowest BCUT2D eigenvalue weighted by atomic mass is 9.96. The van der Waals surface area contributed by atoms with Crippen LogP contribution in [0.3, 0.4) is 0 Å². The van der Waals surface area contributed by atoms with E-state index in [1.54, 1.807) is 8.80 Å². The van der Waals surface area contributed by atoms with Gasteiger partial charge in [-0.3, -0.25) is 18.4 Å². The van der Waals surface area contributed by atoms with Crippen molar-refractivity contribution >= 4 is 45.7 Å². The van der Waals surface area contributed by atoms with Gasteiger partial charge in [0.2, 0.25) is 0 Å². The summed E-state index contributed by atoms with van der Waals surface area (Å²) < 4.78 is 3.43. The Morgan fingerprint density at radius 2 is 0.950 bits per heavy atom. The van der Waals surface area contributed by atoms with Crippen molar-refractivity contribution in [1.29, 1.82) is 0 Å². The summed E-state index contributed by atoms with van der Waals surface area (Å²) in [5.41, 5.74) is 19.6. The highest BCUT2D eigenvalue weighted by atomic mass is 16.1. The first-order chi connectivity index (χ1) is 29.0. The van der Waals surface area contributed by atoms with Crippen LogP contribution in [0.25, 0.3) is 43.0 Å². The molecule has 6 aromatic heterocycles. The van der Waals surface area contributed by atoms with E-state index in [0.29, 0.717) is 22.8 Å². The second-order valence-corrected chi connectivity index (χ2v) is 14.0. The minimum absolute atomic E-state index is 0.0898. The van der Waals surface area contributed by atoms with Crippen LogP contribution in [-0.2, 0) is 0 Å². The average Bonchev–Trinajstić information content (AvgIpc) is 3.24. The van der Waals surface area contributed by atoms with Gasteiger partial charge in [0.05, 0.1) is 24.3 Å². The van der Waals surface area contributed by atoms with E-state index in [1.807, 2.05) is 137 Å². The number of nitrogen functional groups attached to an aromatic ring is 2. The molecule has 2 atom stereocenters. The fourth-order valence-corrected chi connectivity index (χ4v) is 7.25. The molecular weight excluding hydrogens is 753 g/mol. The maximum Gasteiger partial charge on any atom is 0.268 e. The Bertz CT molecular complexity index is 2890. The fraction of sp³-hybridized carbons (Fsp3) is 0.130. The maximum absolute atomic E-state index is 13.5. The predicted octanol–water partition coefficient (Wildman–Crippen LogP) is 8.74. The van der Waals surface area contributed by atoms with Gasteiger partial charge in [-0.15, -0.1) is 0 Å². The first-order valence-corrected chi connectivity index (χ1v) is 18.9. The topological polar surface area (TPSA) is 179 Å². The van der Waals surface area contributed by atoms with Crippen molar-refractivity contribution in [3.8, 4) is 22.3 Å². The fourth-order valence-electron chi connectivity index (χ4n) is 7.25. The monoisotopic (exact) mass is 792 g/mol. The summed E-state index contributed by atoms with van der Waals surface area (Å²) in [6, 6.07) is 34.0. The third-order valence-electron chi connectivity index (χ3n) is 10.1. The molecule has 0 amide bonds. The van der Waals surface area contributed by atoms with Crippen molar-refractivity contribution in [2.45, 2.75) is 39.8 Å². The normalized spacial score (nSPS) is 11.8. The number of pyridine rings is 4. The zero-order valence-electron chi connectivity index (χ0n) is 33.3. The first-order valence-electron chi connectivity index (χ1n) is 18.9. The van der Waals surface area contributed by atoms with Gasteiger partial charge in [-0.1, -0.05) is 72.8 Å². The van der Waals surface area contributed by atoms with Crippen LogP contribution in [0, 0.1) is 27.0 Å². The Morgan fingerprint density at radius 3 is 1.32 bits per heavy atom. The summed E-state index contributed by atoms with van der Waals surface area (Å²) in [6.45, 7) is 22.5. The van der Waals surface area contributed by atoms with Gasteiger partial charge in [0.15, 0.2) is 0 Å². The molecule has 60 heavy (non-hydrogen) atoms. The van der Waals surface area contributed by atoms with E-state index in [1.165, 1.54) is 12.7 Å². The number of rotatable bonds is 8. The molecule has 0 aliphatic rings. The molecule has 8 rings (SSSR count). The molecule has 0 saturated carbocycles. The molecule has 14 heteroatoms. The number of nitrogens with zero attached hydrogens (tertiary/aromatic N) is 8. The highest BCUT2D eigenvalue weighted by molar-refractivity contribution is 5.79. The van der Waals surface area contributed by atoms with Crippen LogP contribution in [0.1, 0.15) is 48.4 Å². The Kier molecular flexibility index (Phi) is 11.3. The Labute approximate surface area is 345 Å². The number of anilines is 4. The third kappa shape index (κ3) is 7.68. The number of hydrogen-bond donors (Lipinski definition) is 4. The summed E-state index contributed by atoms with van der Waals surface area (Å²) >= 11 is 0. The quantitative estimate of drug-likeness (QED) is 0.109. The maximum atomic E-state index is 13.5. The zero-order chi connectivity index (χ0) is 42.5. The second-order valence-electron chi connectivity index (χ2n) is 14.0. The van der Waals surface area contributed by atoms with E-state index in [2.05, 4.69) is 40.3 Å². The molecule has 0 aliphatic carbocycles. The third-order valence-corrected chi connectivity index (χ3v) is 10.1. The lowest BCUT2D eigenvalue weighted by Gasteiger charge is -2.21. The minimum atomic E-state index is -0.312. The molecular formula is C46H40N12O2. The van der Waals surface area contributed by atoms with Crippen molar-refractivity contribution in [2.75, 3.05) is 22.1 Å². The van der Waals surface area contributed by atoms with Gasteiger partial charge in [-0.2, -0.15) is 0 Å². The van der Waals surface area contributed by atoms with Gasteiger partial charge in [-0.05, 0) is 86.3 Å². The molecule has 0 radical (unpaired) electrons. The molecule has 0 fully saturated rings. The lowest BCUT2D eigenvalue weighted by Crippen LogP contribution is -2.22. The Hall–Kier alpha value is -8.36. The van der Waals surface area contributed by atoms with Gasteiger partial charge in [0, 0.05) is 34.5 Å². The van der Waals surface area contributed by atoms with Crippen LogP contribution in [0.5, 0.6) is 0 Å². The van der Waals surface area contributed by atoms with Crippen molar-refractivity contribution in [2.24, 2.45) is 0 Å². The number of benzene rings is 2. The predicted molar refractivity (Wildman–Crippen MR) is 237 cm³/mol. The van der Waals surface area contributed by atoms with Gasteiger partial charge in [0.25, 0.3) is 22.5 Å². The van der Waals surface area contributed by atoms with Crippen LogP contribution in [-0.4, -0.2) is 28.7 Å². The lowest BCUT2D eigenvalue weighted by molar-refractivity contribution is 0.866. The summed E-state index contributed by atoms with van der Waals surface area (Å²) in [5.74, 6) is 0.918. The summed E-state index contributed by atoms with van der Waals surface area (Å²) in [4.78, 5) is 50.1. The molecule has 0 aliphatic heterocycles. The second kappa shape index (κ2) is 17.0. The molecule has 8 aromatic rings. The van der Waals surface area contributed by atoms with Crippen LogP contribution in [0.15, 0.2) is 131 Å². The van der Waals surface area contributed by atoms with Crippen molar-refractivity contribution < 1.29 is 0 Å². The average molecular weight is 793 g/mol. The molecule has 0 saturated heterocycles. The smallest absolute Gasteiger partial charge is 0.268 e. The van der Waals surface area contributed by atoms with Crippen LogP contribution >= 0.6 is 0 Å². The van der Waals surface area contributed by atoms with Crippen molar-refractivity contribution in [1.82, 2.24) is 28.7 Å². The summed E-state index contributed by atoms with van der Waals surface area (Å²) in [7, 11) is 0. The standard InChI is InChI=1S/2C23H20N6O/c2*1-14-8-7-11-17-12-18(15(2)28-22-20(25-3)21(24)26-13-27-22)19(23(30)29(14)17)16-9-5-4-6-10-16/h2*4-13,15H,1-2H3,(H3,24,26,27,28)/t2*15-/m10/s1. The Balaban J connectivity index is 0.000000181. The van der Waals surface area contributed by atoms with Gasteiger partial charge < -0.3 is 22.1 Å². The van der Waals surface area contributed by atoms with E-state index in [9.17, 15) is 9.59 Å². The summed E-state index contributed by atoms with van der Waals surface area (Å²) in [5, 5.41) is 6.48. The first kappa shape index (κ1) is 39.9. The van der Waals surface area contributed by atoms with E-state index >= 15 is 0 Å². The van der Waals surface area contributed by atoms with E-state index < -0.39 is 0 Å². The molecule has 0 spiro atoms. The van der Waals surface area contributed by atoms with Gasteiger partial charge >= 0.3 is 0 Å². The molecule has 6 N–H and O–H groups in total. The number of aryl methyl sites for hydroxylation is 2. The minimum Gasteiger partial charge on any atom is -0.392 e. The molecule has 14 nitrogen and oxygen atoms in total. The molecule has 0 bridgehead atoms.